The van der Waals surface area contributed by atoms with E-state index >= 15 is 0 Å². The second kappa shape index (κ2) is 4.77. The highest BCUT2D eigenvalue weighted by Crippen LogP contribution is 2.52. The lowest BCUT2D eigenvalue weighted by atomic mass is 9.55. The monoisotopic (exact) mass is 256 g/mol. The fourth-order valence-electron chi connectivity index (χ4n) is 4.31. The molecule has 0 saturated heterocycles. The van der Waals surface area contributed by atoms with Crippen LogP contribution in [0.4, 0.5) is 0 Å². The zero-order valence-corrected chi connectivity index (χ0v) is 11.9. The molecular formula is C15H28O3. The molecule has 0 aromatic rings. The molecule has 0 heterocycles. The molecule has 3 N–H and O–H groups in total. The molecule has 2 fully saturated rings. The van der Waals surface area contributed by atoms with Gasteiger partial charge in [0.2, 0.25) is 0 Å². The average Bonchev–Trinajstić information content (AvgIpc) is 2.26. The Hall–Kier alpha value is -0.120. The van der Waals surface area contributed by atoms with E-state index < -0.39 is 11.2 Å². The molecular weight excluding hydrogens is 228 g/mol. The van der Waals surface area contributed by atoms with Gasteiger partial charge in [0, 0.05) is 6.61 Å². The normalized spacial score (nSPS) is 45.7. The quantitative estimate of drug-likeness (QED) is 0.707. The Bertz CT molecular complexity index is 293. The summed E-state index contributed by atoms with van der Waals surface area (Å²) >= 11 is 0. The Balaban J connectivity index is 2.22. The molecule has 0 spiro atoms. The predicted molar refractivity (Wildman–Crippen MR) is 71.1 cm³/mol. The van der Waals surface area contributed by atoms with Crippen molar-refractivity contribution >= 4 is 0 Å². The van der Waals surface area contributed by atoms with Gasteiger partial charge in [0.15, 0.2) is 0 Å². The summed E-state index contributed by atoms with van der Waals surface area (Å²) < 4.78 is 0. The van der Waals surface area contributed by atoms with E-state index in [9.17, 15) is 15.3 Å². The van der Waals surface area contributed by atoms with Crippen molar-refractivity contribution in [1.82, 2.24) is 0 Å². The maximum atomic E-state index is 10.7. The second-order valence-corrected chi connectivity index (χ2v) is 7.29. The van der Waals surface area contributed by atoms with E-state index in [1.165, 1.54) is 0 Å². The van der Waals surface area contributed by atoms with E-state index in [0.29, 0.717) is 24.2 Å². The molecule has 0 amide bonds. The van der Waals surface area contributed by atoms with E-state index in [-0.39, 0.29) is 12.5 Å². The van der Waals surface area contributed by atoms with Crippen LogP contribution in [0.15, 0.2) is 0 Å². The molecule has 2 aliphatic rings. The number of aliphatic hydroxyl groups is 3. The zero-order chi connectivity index (χ0) is 13.6. The minimum atomic E-state index is -0.744. The number of aliphatic hydroxyl groups excluding tert-OH is 1. The Morgan fingerprint density at radius 1 is 1.28 bits per heavy atom. The van der Waals surface area contributed by atoms with Crippen LogP contribution in [-0.4, -0.2) is 33.1 Å². The molecule has 5 unspecified atom stereocenters. The molecule has 2 rings (SSSR count). The highest BCUT2D eigenvalue weighted by atomic mass is 16.3. The fraction of sp³-hybridized carbons (Fsp3) is 1.00. The molecule has 2 saturated carbocycles. The largest absolute Gasteiger partial charge is 0.396 e. The number of rotatable bonds is 2. The van der Waals surface area contributed by atoms with Gasteiger partial charge < -0.3 is 15.3 Å². The Morgan fingerprint density at radius 3 is 2.50 bits per heavy atom. The Morgan fingerprint density at radius 2 is 1.94 bits per heavy atom. The summed E-state index contributed by atoms with van der Waals surface area (Å²) in [5.41, 5.74) is -1.44. The topological polar surface area (TPSA) is 60.7 Å². The van der Waals surface area contributed by atoms with Crippen molar-refractivity contribution in [3.63, 3.8) is 0 Å². The number of hydrogen-bond donors (Lipinski definition) is 3. The van der Waals surface area contributed by atoms with Crippen LogP contribution in [0, 0.1) is 23.7 Å². The third kappa shape index (κ3) is 2.59. The minimum Gasteiger partial charge on any atom is -0.396 e. The summed E-state index contributed by atoms with van der Waals surface area (Å²) in [6.45, 7) is 5.81. The van der Waals surface area contributed by atoms with Crippen molar-refractivity contribution in [2.24, 2.45) is 23.7 Å². The average molecular weight is 256 g/mol. The molecule has 3 heteroatoms. The van der Waals surface area contributed by atoms with Crippen LogP contribution in [0.3, 0.4) is 0 Å². The molecule has 3 nitrogen and oxygen atoms in total. The van der Waals surface area contributed by atoms with Gasteiger partial charge in [0.05, 0.1) is 11.2 Å². The van der Waals surface area contributed by atoms with Crippen LogP contribution in [0.1, 0.15) is 52.9 Å². The van der Waals surface area contributed by atoms with Crippen LogP contribution in [-0.2, 0) is 0 Å². The van der Waals surface area contributed by atoms with Gasteiger partial charge >= 0.3 is 0 Å². The van der Waals surface area contributed by atoms with Gasteiger partial charge in [-0.1, -0.05) is 6.42 Å². The molecule has 0 bridgehead atoms. The first-order chi connectivity index (χ1) is 8.25. The Labute approximate surface area is 110 Å². The highest BCUT2D eigenvalue weighted by molar-refractivity contribution is 5.01. The van der Waals surface area contributed by atoms with Gasteiger partial charge in [0.1, 0.15) is 0 Å². The SMILES string of the molecule is CC(C)(O)C1CC2C(CO)CCCC2C(C)(O)C1. The van der Waals surface area contributed by atoms with E-state index in [4.69, 9.17) is 0 Å². The highest BCUT2D eigenvalue weighted by Gasteiger charge is 2.50. The molecule has 0 aromatic carbocycles. The number of fused-ring (bicyclic) bond motifs is 1. The standard InChI is InChI=1S/C15H28O3/c1-14(2,17)11-7-12-10(9-16)5-4-6-13(12)15(3,18)8-11/h10-13,16-18H,4-9H2,1-3H3. The molecule has 0 aromatic heterocycles. The summed E-state index contributed by atoms with van der Waals surface area (Å²) in [7, 11) is 0. The summed E-state index contributed by atoms with van der Waals surface area (Å²) in [5, 5.41) is 30.5. The number of hydrogen-bond acceptors (Lipinski definition) is 3. The van der Waals surface area contributed by atoms with E-state index in [0.717, 1.165) is 25.7 Å². The van der Waals surface area contributed by atoms with Crippen molar-refractivity contribution in [2.75, 3.05) is 6.61 Å². The zero-order valence-electron chi connectivity index (χ0n) is 11.9. The van der Waals surface area contributed by atoms with Crippen LogP contribution >= 0.6 is 0 Å². The van der Waals surface area contributed by atoms with Crippen molar-refractivity contribution < 1.29 is 15.3 Å². The third-order valence-electron chi connectivity index (χ3n) is 5.46. The molecule has 106 valence electrons. The lowest BCUT2D eigenvalue weighted by molar-refractivity contribution is -0.146. The molecule has 5 atom stereocenters. The predicted octanol–water partition coefficient (Wildman–Crippen LogP) is 1.94. The van der Waals surface area contributed by atoms with Gasteiger partial charge in [-0.2, -0.15) is 0 Å². The summed E-state index contributed by atoms with van der Waals surface area (Å²) in [5.74, 6) is 1.09. The summed E-state index contributed by atoms with van der Waals surface area (Å²) in [6.07, 6.45) is 4.85. The van der Waals surface area contributed by atoms with Crippen LogP contribution < -0.4 is 0 Å². The lowest BCUT2D eigenvalue weighted by Gasteiger charge is -2.53. The van der Waals surface area contributed by atoms with E-state index in [1.54, 1.807) is 0 Å². The van der Waals surface area contributed by atoms with Crippen molar-refractivity contribution in [1.29, 1.82) is 0 Å². The van der Waals surface area contributed by atoms with Gasteiger partial charge in [-0.3, -0.25) is 0 Å². The molecule has 2 aliphatic carbocycles. The first kappa shape index (κ1) is 14.3. The second-order valence-electron chi connectivity index (χ2n) is 7.29. The van der Waals surface area contributed by atoms with Gasteiger partial charge in [0.25, 0.3) is 0 Å². The minimum absolute atomic E-state index is 0.126. The molecule has 18 heavy (non-hydrogen) atoms. The maximum absolute atomic E-state index is 10.7. The van der Waals surface area contributed by atoms with Crippen LogP contribution in [0.25, 0.3) is 0 Å². The van der Waals surface area contributed by atoms with Gasteiger partial charge in [-0.15, -0.1) is 0 Å². The van der Waals surface area contributed by atoms with E-state index in [2.05, 4.69) is 0 Å². The van der Waals surface area contributed by atoms with Crippen molar-refractivity contribution in [2.45, 2.75) is 64.1 Å². The summed E-state index contributed by atoms with van der Waals surface area (Å²) in [4.78, 5) is 0. The van der Waals surface area contributed by atoms with Crippen LogP contribution in [0.2, 0.25) is 0 Å². The third-order valence-corrected chi connectivity index (χ3v) is 5.46. The van der Waals surface area contributed by atoms with Crippen molar-refractivity contribution in [3.8, 4) is 0 Å². The first-order valence-electron chi connectivity index (χ1n) is 7.31. The fourth-order valence-corrected chi connectivity index (χ4v) is 4.31. The summed E-state index contributed by atoms with van der Waals surface area (Å²) in [6, 6.07) is 0. The van der Waals surface area contributed by atoms with Crippen LogP contribution in [0.5, 0.6) is 0 Å². The lowest BCUT2D eigenvalue weighted by Crippen LogP contribution is -2.53. The van der Waals surface area contributed by atoms with Gasteiger partial charge in [-0.25, -0.2) is 0 Å². The Kier molecular flexibility index (Phi) is 3.79. The molecule has 0 aliphatic heterocycles. The van der Waals surface area contributed by atoms with Crippen molar-refractivity contribution in [3.05, 3.63) is 0 Å². The molecule has 0 radical (unpaired) electrons. The maximum Gasteiger partial charge on any atom is 0.0654 e. The van der Waals surface area contributed by atoms with Gasteiger partial charge in [-0.05, 0) is 70.1 Å². The smallest absolute Gasteiger partial charge is 0.0654 e. The van der Waals surface area contributed by atoms with E-state index in [1.807, 2.05) is 20.8 Å². The first-order valence-corrected chi connectivity index (χ1v) is 7.31.